The third kappa shape index (κ3) is 4.49. The van der Waals surface area contributed by atoms with E-state index in [0.29, 0.717) is 12.3 Å². The number of nitrogens with zero attached hydrogens (tertiary/aromatic N) is 2. The van der Waals surface area contributed by atoms with Crippen LogP contribution in [0.1, 0.15) is 25.7 Å². The van der Waals surface area contributed by atoms with Crippen molar-refractivity contribution in [3.8, 4) is 0 Å². The highest BCUT2D eigenvalue weighted by Gasteiger charge is 2.15. The molecule has 5 heteroatoms. The maximum atomic E-state index is 11.6. The Bertz CT molecular complexity index is 344. The normalized spacial score (nSPS) is 19.0. The molecular weight excluding hydrogens is 228 g/mol. The van der Waals surface area contributed by atoms with Gasteiger partial charge in [0.25, 0.3) is 0 Å². The second kappa shape index (κ2) is 7.16. The fraction of sp³-hybridized carbons (Fsp3) is 0.692. The van der Waals surface area contributed by atoms with Gasteiger partial charge in [-0.15, -0.1) is 0 Å². The second-order valence-electron chi connectivity index (χ2n) is 4.87. The van der Waals surface area contributed by atoms with Crippen LogP contribution in [0.15, 0.2) is 18.5 Å². The van der Waals surface area contributed by atoms with E-state index >= 15 is 0 Å². The van der Waals surface area contributed by atoms with E-state index in [-0.39, 0.29) is 5.91 Å². The van der Waals surface area contributed by atoms with E-state index in [1.165, 1.54) is 6.42 Å². The van der Waals surface area contributed by atoms with Crippen LogP contribution in [0.25, 0.3) is 0 Å². The molecule has 1 aromatic rings. The molecule has 100 valence electrons. The van der Waals surface area contributed by atoms with Crippen LogP contribution < -0.4 is 10.6 Å². The first-order valence-electron chi connectivity index (χ1n) is 6.79. The average Bonchev–Trinajstić information content (AvgIpc) is 3.04. The lowest BCUT2D eigenvalue weighted by Gasteiger charge is -2.08. The highest BCUT2D eigenvalue weighted by Crippen LogP contribution is 2.13. The Morgan fingerprint density at radius 3 is 3.22 bits per heavy atom. The molecule has 1 amide bonds. The monoisotopic (exact) mass is 250 g/mol. The number of aryl methyl sites for hydroxylation is 1. The van der Waals surface area contributed by atoms with Crippen LogP contribution in [0.5, 0.6) is 0 Å². The predicted molar refractivity (Wildman–Crippen MR) is 70.1 cm³/mol. The van der Waals surface area contributed by atoms with Crippen LogP contribution >= 0.6 is 0 Å². The van der Waals surface area contributed by atoms with Gasteiger partial charge in [-0.25, -0.2) is 0 Å². The molecule has 2 rings (SSSR count). The number of carbonyl (C=O) groups excluding carboxylic acids is 1. The number of hydrogen-bond acceptors (Lipinski definition) is 3. The summed E-state index contributed by atoms with van der Waals surface area (Å²) in [6.45, 7) is 3.78. The van der Waals surface area contributed by atoms with E-state index < -0.39 is 0 Å². The molecule has 1 aliphatic heterocycles. The molecule has 0 bridgehead atoms. The lowest BCUT2D eigenvalue weighted by Crippen LogP contribution is -2.25. The number of aromatic nitrogens is 2. The summed E-state index contributed by atoms with van der Waals surface area (Å²) in [5, 5.41) is 10.4. The lowest BCUT2D eigenvalue weighted by atomic mass is 10.0. The maximum absolute atomic E-state index is 11.6. The van der Waals surface area contributed by atoms with Gasteiger partial charge in [-0.05, 0) is 44.3 Å². The van der Waals surface area contributed by atoms with Gasteiger partial charge in [0.15, 0.2) is 0 Å². The van der Waals surface area contributed by atoms with Crippen LogP contribution in [0, 0.1) is 5.92 Å². The maximum Gasteiger partial charge on any atom is 0.220 e. The summed E-state index contributed by atoms with van der Waals surface area (Å²) in [6.07, 6.45) is 7.53. The van der Waals surface area contributed by atoms with Crippen molar-refractivity contribution >= 4 is 5.91 Å². The van der Waals surface area contributed by atoms with E-state index in [1.54, 1.807) is 6.20 Å². The number of rotatable bonds is 7. The van der Waals surface area contributed by atoms with Crippen molar-refractivity contribution in [3.05, 3.63) is 18.5 Å². The number of nitrogens with one attached hydrogen (secondary N) is 2. The molecule has 1 aromatic heterocycles. The smallest absolute Gasteiger partial charge is 0.220 e. The molecule has 1 unspecified atom stereocenters. The van der Waals surface area contributed by atoms with E-state index in [9.17, 15) is 4.79 Å². The molecule has 0 radical (unpaired) electrons. The first-order valence-corrected chi connectivity index (χ1v) is 6.79. The quantitative estimate of drug-likeness (QED) is 0.703. The number of hydrogen-bond donors (Lipinski definition) is 2. The van der Waals surface area contributed by atoms with Crippen LogP contribution in [0.3, 0.4) is 0 Å². The van der Waals surface area contributed by atoms with Gasteiger partial charge < -0.3 is 10.6 Å². The zero-order valence-electron chi connectivity index (χ0n) is 10.8. The Balaban J connectivity index is 1.49. The average molecular weight is 250 g/mol. The first-order chi connectivity index (χ1) is 8.84. The zero-order chi connectivity index (χ0) is 12.6. The molecule has 0 aromatic carbocycles. The number of carbonyl (C=O) groups is 1. The van der Waals surface area contributed by atoms with Crippen LogP contribution in [0.4, 0.5) is 0 Å². The summed E-state index contributed by atoms with van der Waals surface area (Å²) in [5.41, 5.74) is 0. The molecule has 2 heterocycles. The summed E-state index contributed by atoms with van der Waals surface area (Å²) in [6, 6.07) is 1.91. The molecular formula is C13H22N4O. The molecule has 1 aliphatic rings. The third-order valence-corrected chi connectivity index (χ3v) is 3.39. The van der Waals surface area contributed by atoms with Gasteiger partial charge in [0.05, 0.1) is 0 Å². The van der Waals surface area contributed by atoms with Crippen molar-refractivity contribution in [1.29, 1.82) is 0 Å². The minimum absolute atomic E-state index is 0.183. The molecule has 1 atom stereocenters. The van der Waals surface area contributed by atoms with E-state index in [0.717, 1.165) is 39.0 Å². The van der Waals surface area contributed by atoms with Gasteiger partial charge in [-0.1, -0.05) is 0 Å². The Labute approximate surface area is 108 Å². The first kappa shape index (κ1) is 13.1. The van der Waals surface area contributed by atoms with Crippen molar-refractivity contribution in [2.45, 2.75) is 32.2 Å². The fourth-order valence-corrected chi connectivity index (χ4v) is 2.29. The molecule has 5 nitrogen and oxygen atoms in total. The summed E-state index contributed by atoms with van der Waals surface area (Å²) >= 11 is 0. The van der Waals surface area contributed by atoms with E-state index in [4.69, 9.17) is 0 Å². The Morgan fingerprint density at radius 2 is 2.50 bits per heavy atom. The van der Waals surface area contributed by atoms with Gasteiger partial charge >= 0.3 is 0 Å². The highest BCUT2D eigenvalue weighted by atomic mass is 16.1. The van der Waals surface area contributed by atoms with Crippen molar-refractivity contribution in [2.75, 3.05) is 19.6 Å². The van der Waals surface area contributed by atoms with Crippen molar-refractivity contribution in [1.82, 2.24) is 20.4 Å². The molecule has 2 N–H and O–H groups in total. The van der Waals surface area contributed by atoms with Crippen molar-refractivity contribution in [2.24, 2.45) is 5.92 Å². The standard InChI is InChI=1S/C13H22N4O/c18-13(4-3-12-5-8-14-11-12)15-6-1-9-17-10-2-7-16-17/h2,7,10,12,14H,1,3-6,8-9,11H2,(H,15,18). The highest BCUT2D eigenvalue weighted by molar-refractivity contribution is 5.75. The molecule has 1 fully saturated rings. The van der Waals surface area contributed by atoms with Crippen LogP contribution in [-0.4, -0.2) is 35.3 Å². The summed E-state index contributed by atoms with van der Waals surface area (Å²) in [7, 11) is 0. The Morgan fingerprint density at radius 1 is 1.56 bits per heavy atom. The largest absolute Gasteiger partial charge is 0.356 e. The molecule has 18 heavy (non-hydrogen) atoms. The molecule has 1 saturated heterocycles. The molecule has 0 saturated carbocycles. The molecule has 0 spiro atoms. The van der Waals surface area contributed by atoms with E-state index in [1.807, 2.05) is 16.9 Å². The van der Waals surface area contributed by atoms with E-state index in [2.05, 4.69) is 15.7 Å². The molecule has 0 aliphatic carbocycles. The fourth-order valence-electron chi connectivity index (χ4n) is 2.29. The Hall–Kier alpha value is -1.36. The summed E-state index contributed by atoms with van der Waals surface area (Å²) in [4.78, 5) is 11.6. The minimum Gasteiger partial charge on any atom is -0.356 e. The van der Waals surface area contributed by atoms with Crippen molar-refractivity contribution < 1.29 is 4.79 Å². The van der Waals surface area contributed by atoms with Crippen LogP contribution in [-0.2, 0) is 11.3 Å². The predicted octanol–water partition coefficient (Wildman–Crippen LogP) is 0.779. The Kier molecular flexibility index (Phi) is 5.20. The topological polar surface area (TPSA) is 59.0 Å². The SMILES string of the molecule is O=C(CCC1CCNC1)NCCCn1cccn1. The minimum atomic E-state index is 0.183. The van der Waals surface area contributed by atoms with Gasteiger partial charge in [-0.3, -0.25) is 9.48 Å². The lowest BCUT2D eigenvalue weighted by molar-refractivity contribution is -0.121. The van der Waals surface area contributed by atoms with Gasteiger partial charge in [0.1, 0.15) is 0 Å². The summed E-state index contributed by atoms with van der Waals surface area (Å²) in [5.74, 6) is 0.877. The number of amides is 1. The van der Waals surface area contributed by atoms with Gasteiger partial charge in [-0.2, -0.15) is 5.10 Å². The second-order valence-corrected chi connectivity index (χ2v) is 4.87. The van der Waals surface area contributed by atoms with Gasteiger partial charge in [0, 0.05) is 31.9 Å². The van der Waals surface area contributed by atoms with Gasteiger partial charge in [0.2, 0.25) is 5.91 Å². The summed E-state index contributed by atoms with van der Waals surface area (Å²) < 4.78 is 1.89. The van der Waals surface area contributed by atoms with Crippen LogP contribution in [0.2, 0.25) is 0 Å². The third-order valence-electron chi connectivity index (χ3n) is 3.39. The zero-order valence-corrected chi connectivity index (χ0v) is 10.8. The van der Waals surface area contributed by atoms with Crippen molar-refractivity contribution in [3.63, 3.8) is 0 Å².